The summed E-state index contributed by atoms with van der Waals surface area (Å²) in [5.74, 6) is 0.0230. The zero-order valence-electron chi connectivity index (χ0n) is 16.3. The number of carbonyl (C=O) groups is 1. The normalized spacial score (nSPS) is 10.6. The van der Waals surface area contributed by atoms with Crippen molar-refractivity contribution in [2.75, 3.05) is 11.9 Å². The molecule has 1 heterocycles. The Morgan fingerprint density at radius 1 is 0.969 bits per heavy atom. The van der Waals surface area contributed by atoms with Crippen LogP contribution in [0.2, 0.25) is 0 Å². The second kappa shape index (κ2) is 8.52. The summed E-state index contributed by atoms with van der Waals surface area (Å²) in [5, 5.41) is 24.4. The van der Waals surface area contributed by atoms with Crippen LogP contribution < -0.4 is 10.1 Å². The molecule has 3 aromatic carbocycles. The van der Waals surface area contributed by atoms with Crippen LogP contribution in [0.5, 0.6) is 5.75 Å². The number of rotatable bonds is 7. The maximum absolute atomic E-state index is 12.4. The molecule has 0 spiro atoms. The Kier molecular flexibility index (Phi) is 5.45. The van der Waals surface area contributed by atoms with E-state index in [2.05, 4.69) is 10.3 Å². The minimum Gasteiger partial charge on any atom is -0.484 e. The van der Waals surface area contributed by atoms with Gasteiger partial charge in [0.05, 0.1) is 21.1 Å². The first-order valence-corrected chi connectivity index (χ1v) is 9.22. The maximum Gasteiger partial charge on any atom is 0.271 e. The number of para-hydroxylation sites is 1. The second-order valence-electron chi connectivity index (χ2n) is 6.56. The Hall–Kier alpha value is -4.80. The molecule has 0 bridgehead atoms. The molecule has 11 nitrogen and oxygen atoms in total. The van der Waals surface area contributed by atoms with Crippen molar-refractivity contribution >= 4 is 34.1 Å². The van der Waals surface area contributed by atoms with Crippen molar-refractivity contribution < 1.29 is 23.8 Å². The SMILES string of the molecule is O=C(COc1ccc([N+](=O)[O-])cc1)Nc1ccccc1-c1nc2cc([N+](=O)[O-])ccc2o1. The predicted octanol–water partition coefficient (Wildman–Crippen LogP) is 4.33. The lowest BCUT2D eigenvalue weighted by atomic mass is 10.1. The van der Waals surface area contributed by atoms with Crippen molar-refractivity contribution in [1.29, 1.82) is 0 Å². The molecule has 0 aliphatic carbocycles. The van der Waals surface area contributed by atoms with Gasteiger partial charge in [-0.3, -0.25) is 25.0 Å². The van der Waals surface area contributed by atoms with E-state index in [-0.39, 0.29) is 23.9 Å². The number of oxazole rings is 1. The summed E-state index contributed by atoms with van der Waals surface area (Å²) in [7, 11) is 0. The summed E-state index contributed by atoms with van der Waals surface area (Å²) in [6.45, 7) is -0.327. The summed E-state index contributed by atoms with van der Waals surface area (Å²) < 4.78 is 11.1. The summed E-state index contributed by atoms with van der Waals surface area (Å²) in [4.78, 5) is 37.3. The highest BCUT2D eigenvalue weighted by molar-refractivity contribution is 5.96. The molecule has 0 saturated carbocycles. The van der Waals surface area contributed by atoms with Gasteiger partial charge in [-0.1, -0.05) is 12.1 Å². The highest BCUT2D eigenvalue weighted by Gasteiger charge is 2.16. The topological polar surface area (TPSA) is 151 Å². The Labute approximate surface area is 179 Å². The minimum absolute atomic E-state index is 0.0839. The standard InChI is InChI=1S/C21H14N4O7/c26-20(12-31-15-8-5-13(6-9-15)24(27)28)22-17-4-2-1-3-16(17)21-23-18-11-14(25(29)30)7-10-19(18)32-21/h1-11H,12H2,(H,22,26). The van der Waals surface area contributed by atoms with Gasteiger partial charge in [0, 0.05) is 24.3 Å². The van der Waals surface area contributed by atoms with Gasteiger partial charge in [0.1, 0.15) is 11.3 Å². The largest absolute Gasteiger partial charge is 0.484 e. The summed E-state index contributed by atoms with van der Waals surface area (Å²) in [6.07, 6.45) is 0. The monoisotopic (exact) mass is 434 g/mol. The Balaban J connectivity index is 1.49. The molecule has 4 rings (SSSR count). The maximum atomic E-state index is 12.4. The van der Waals surface area contributed by atoms with Gasteiger partial charge in [-0.15, -0.1) is 0 Å². The van der Waals surface area contributed by atoms with Gasteiger partial charge in [0.2, 0.25) is 5.89 Å². The van der Waals surface area contributed by atoms with E-state index in [0.29, 0.717) is 28.1 Å². The number of amides is 1. The predicted molar refractivity (Wildman–Crippen MR) is 113 cm³/mol. The number of fused-ring (bicyclic) bond motifs is 1. The fourth-order valence-electron chi connectivity index (χ4n) is 2.92. The average Bonchev–Trinajstić information content (AvgIpc) is 3.21. The van der Waals surface area contributed by atoms with Crippen molar-refractivity contribution in [1.82, 2.24) is 4.98 Å². The van der Waals surface area contributed by atoms with Crippen LogP contribution in [-0.4, -0.2) is 27.3 Å². The highest BCUT2D eigenvalue weighted by atomic mass is 16.6. The van der Waals surface area contributed by atoms with Crippen LogP contribution in [0.15, 0.2) is 71.1 Å². The van der Waals surface area contributed by atoms with Crippen LogP contribution in [0.4, 0.5) is 17.1 Å². The van der Waals surface area contributed by atoms with Crippen LogP contribution in [0, 0.1) is 20.2 Å². The lowest BCUT2D eigenvalue weighted by Gasteiger charge is -2.10. The van der Waals surface area contributed by atoms with Crippen LogP contribution in [0.1, 0.15) is 0 Å². The smallest absolute Gasteiger partial charge is 0.271 e. The zero-order valence-corrected chi connectivity index (χ0v) is 16.3. The van der Waals surface area contributed by atoms with E-state index < -0.39 is 15.8 Å². The van der Waals surface area contributed by atoms with Crippen molar-refractivity contribution in [3.8, 4) is 17.2 Å². The number of benzene rings is 3. The number of nitrogens with one attached hydrogen (secondary N) is 1. The first-order chi connectivity index (χ1) is 15.4. The Bertz CT molecular complexity index is 1330. The number of aromatic nitrogens is 1. The number of nitrogens with zero attached hydrogens (tertiary/aromatic N) is 3. The van der Waals surface area contributed by atoms with E-state index in [0.717, 1.165) is 0 Å². The molecular formula is C21H14N4O7. The molecule has 11 heteroatoms. The molecule has 0 unspecified atom stereocenters. The zero-order chi connectivity index (χ0) is 22.7. The molecule has 0 fully saturated rings. The fourth-order valence-corrected chi connectivity index (χ4v) is 2.92. The number of nitro benzene ring substituents is 2. The van der Waals surface area contributed by atoms with E-state index in [9.17, 15) is 25.0 Å². The number of hydrogen-bond donors (Lipinski definition) is 1. The lowest BCUT2D eigenvalue weighted by Crippen LogP contribution is -2.20. The average molecular weight is 434 g/mol. The van der Waals surface area contributed by atoms with Gasteiger partial charge in [-0.05, 0) is 30.3 Å². The first-order valence-electron chi connectivity index (χ1n) is 9.22. The number of non-ortho nitro benzene ring substituents is 2. The molecule has 32 heavy (non-hydrogen) atoms. The molecule has 1 N–H and O–H groups in total. The van der Waals surface area contributed by atoms with Crippen LogP contribution in [0.3, 0.4) is 0 Å². The van der Waals surface area contributed by atoms with Crippen molar-refractivity contribution in [2.45, 2.75) is 0 Å². The summed E-state index contributed by atoms with van der Waals surface area (Å²) >= 11 is 0. The molecule has 0 atom stereocenters. The van der Waals surface area contributed by atoms with Gasteiger partial charge >= 0.3 is 0 Å². The molecule has 1 amide bonds. The third-order valence-electron chi connectivity index (χ3n) is 4.43. The first kappa shape index (κ1) is 20.5. The quantitative estimate of drug-likeness (QED) is 0.333. The van der Waals surface area contributed by atoms with Crippen LogP contribution in [0.25, 0.3) is 22.6 Å². The Morgan fingerprint density at radius 3 is 2.38 bits per heavy atom. The van der Waals surface area contributed by atoms with Gasteiger partial charge in [-0.2, -0.15) is 0 Å². The summed E-state index contributed by atoms with van der Waals surface area (Å²) in [6, 6.07) is 16.2. The van der Waals surface area contributed by atoms with E-state index in [1.54, 1.807) is 24.3 Å². The van der Waals surface area contributed by atoms with E-state index in [4.69, 9.17) is 9.15 Å². The number of carbonyl (C=O) groups excluding carboxylic acids is 1. The Morgan fingerprint density at radius 2 is 1.66 bits per heavy atom. The molecule has 160 valence electrons. The molecule has 0 aliphatic heterocycles. The van der Waals surface area contributed by atoms with Gasteiger partial charge in [-0.25, -0.2) is 4.98 Å². The van der Waals surface area contributed by atoms with Gasteiger partial charge < -0.3 is 14.5 Å². The third kappa shape index (κ3) is 4.36. The number of nitro groups is 2. The van der Waals surface area contributed by atoms with Gasteiger partial charge in [0.25, 0.3) is 17.3 Å². The van der Waals surface area contributed by atoms with Crippen LogP contribution in [-0.2, 0) is 4.79 Å². The number of anilines is 1. The third-order valence-corrected chi connectivity index (χ3v) is 4.43. The molecule has 0 aliphatic rings. The van der Waals surface area contributed by atoms with Gasteiger partial charge in [0.15, 0.2) is 12.2 Å². The fraction of sp³-hybridized carbons (Fsp3) is 0.0476. The van der Waals surface area contributed by atoms with Crippen LogP contribution >= 0.6 is 0 Å². The second-order valence-corrected chi connectivity index (χ2v) is 6.56. The van der Waals surface area contributed by atoms with Crippen molar-refractivity contribution in [2.24, 2.45) is 0 Å². The molecule has 0 saturated heterocycles. The number of hydrogen-bond acceptors (Lipinski definition) is 8. The summed E-state index contributed by atoms with van der Waals surface area (Å²) in [5.41, 5.74) is 1.38. The van der Waals surface area contributed by atoms with E-state index >= 15 is 0 Å². The molecule has 4 aromatic rings. The van der Waals surface area contributed by atoms with E-state index in [1.165, 1.54) is 42.5 Å². The minimum atomic E-state index is -0.530. The molecule has 0 radical (unpaired) electrons. The molecular weight excluding hydrogens is 420 g/mol. The van der Waals surface area contributed by atoms with E-state index in [1.807, 2.05) is 0 Å². The van der Waals surface area contributed by atoms with Crippen molar-refractivity contribution in [3.63, 3.8) is 0 Å². The van der Waals surface area contributed by atoms with Crippen molar-refractivity contribution in [3.05, 3.63) is 87.0 Å². The lowest BCUT2D eigenvalue weighted by molar-refractivity contribution is -0.385. The molecule has 1 aromatic heterocycles. The number of ether oxygens (including phenoxy) is 1. The highest BCUT2D eigenvalue weighted by Crippen LogP contribution is 2.31.